The van der Waals surface area contributed by atoms with E-state index in [0.29, 0.717) is 25.4 Å². The van der Waals surface area contributed by atoms with E-state index in [1.165, 1.54) is 6.92 Å². The SMILES string of the molecule is CC(=O)N1N=C(Cc2ccccc2)OC1C(=O)N1CCN(c2ccccc2)CC1. The average molecular weight is 392 g/mol. The molecule has 2 heterocycles. The first-order valence-electron chi connectivity index (χ1n) is 9.78. The number of amides is 2. The summed E-state index contributed by atoms with van der Waals surface area (Å²) in [5.74, 6) is -0.151. The normalized spacial score (nSPS) is 19.0. The summed E-state index contributed by atoms with van der Waals surface area (Å²) < 4.78 is 5.82. The first-order valence-corrected chi connectivity index (χ1v) is 9.78. The minimum atomic E-state index is -1.02. The number of benzene rings is 2. The van der Waals surface area contributed by atoms with Crippen LogP contribution in [0.3, 0.4) is 0 Å². The van der Waals surface area contributed by atoms with Crippen molar-refractivity contribution in [2.75, 3.05) is 31.1 Å². The van der Waals surface area contributed by atoms with E-state index in [1.54, 1.807) is 4.90 Å². The van der Waals surface area contributed by atoms with Gasteiger partial charge in [0, 0.05) is 38.8 Å². The zero-order valence-electron chi connectivity index (χ0n) is 16.4. The first-order chi connectivity index (χ1) is 14.1. The lowest BCUT2D eigenvalue weighted by Crippen LogP contribution is -2.54. The summed E-state index contributed by atoms with van der Waals surface area (Å²) in [6.07, 6.45) is -0.578. The van der Waals surface area contributed by atoms with Gasteiger partial charge in [0.2, 0.25) is 11.8 Å². The fourth-order valence-corrected chi connectivity index (χ4v) is 3.59. The van der Waals surface area contributed by atoms with E-state index in [4.69, 9.17) is 4.74 Å². The molecule has 0 bridgehead atoms. The highest BCUT2D eigenvalue weighted by Gasteiger charge is 2.40. The fourth-order valence-electron chi connectivity index (χ4n) is 3.59. The van der Waals surface area contributed by atoms with Crippen LogP contribution >= 0.6 is 0 Å². The maximum absolute atomic E-state index is 13.1. The molecule has 150 valence electrons. The molecule has 0 saturated carbocycles. The zero-order valence-corrected chi connectivity index (χ0v) is 16.4. The molecule has 0 N–H and O–H groups in total. The van der Waals surface area contributed by atoms with E-state index in [9.17, 15) is 9.59 Å². The Morgan fingerprint density at radius 1 is 0.966 bits per heavy atom. The van der Waals surface area contributed by atoms with E-state index in [0.717, 1.165) is 29.3 Å². The van der Waals surface area contributed by atoms with E-state index < -0.39 is 6.23 Å². The molecule has 7 heteroatoms. The summed E-state index contributed by atoms with van der Waals surface area (Å²) in [5.41, 5.74) is 2.16. The molecule has 4 rings (SSSR count). The second-order valence-electron chi connectivity index (χ2n) is 7.14. The number of piperazine rings is 1. The summed E-state index contributed by atoms with van der Waals surface area (Å²) in [7, 11) is 0. The highest BCUT2D eigenvalue weighted by atomic mass is 16.5. The Morgan fingerprint density at radius 3 is 2.21 bits per heavy atom. The van der Waals surface area contributed by atoms with Gasteiger partial charge in [-0.25, -0.2) is 0 Å². The van der Waals surface area contributed by atoms with Gasteiger partial charge in [0.25, 0.3) is 12.1 Å². The Hall–Kier alpha value is -3.35. The van der Waals surface area contributed by atoms with Crippen molar-refractivity contribution >= 4 is 23.4 Å². The van der Waals surface area contributed by atoms with Gasteiger partial charge < -0.3 is 14.5 Å². The van der Waals surface area contributed by atoms with Crippen LogP contribution in [-0.2, 0) is 20.7 Å². The van der Waals surface area contributed by atoms with Gasteiger partial charge in [-0.15, -0.1) is 5.10 Å². The van der Waals surface area contributed by atoms with Crippen LogP contribution in [0.5, 0.6) is 0 Å². The topological polar surface area (TPSA) is 65.5 Å². The van der Waals surface area contributed by atoms with E-state index in [1.807, 2.05) is 48.5 Å². The summed E-state index contributed by atoms with van der Waals surface area (Å²) in [6, 6.07) is 19.9. The Balaban J connectivity index is 1.40. The molecule has 1 atom stereocenters. The van der Waals surface area contributed by atoms with Gasteiger partial charge in [-0.3, -0.25) is 9.59 Å². The molecule has 2 aromatic rings. The van der Waals surface area contributed by atoms with Gasteiger partial charge in [-0.2, -0.15) is 5.01 Å². The highest BCUT2D eigenvalue weighted by Crippen LogP contribution is 2.20. The Morgan fingerprint density at radius 2 is 1.59 bits per heavy atom. The predicted molar refractivity (Wildman–Crippen MR) is 110 cm³/mol. The maximum atomic E-state index is 13.1. The molecular weight excluding hydrogens is 368 g/mol. The summed E-state index contributed by atoms with van der Waals surface area (Å²) >= 11 is 0. The van der Waals surface area contributed by atoms with Crippen LogP contribution in [0.15, 0.2) is 65.8 Å². The molecule has 2 aliphatic heterocycles. The molecule has 2 amide bonds. The third kappa shape index (κ3) is 4.23. The maximum Gasteiger partial charge on any atom is 0.287 e. The minimum Gasteiger partial charge on any atom is -0.444 e. The van der Waals surface area contributed by atoms with Crippen molar-refractivity contribution in [3.8, 4) is 0 Å². The number of hydrogen-bond acceptors (Lipinski definition) is 5. The second kappa shape index (κ2) is 8.34. The lowest BCUT2D eigenvalue weighted by atomic mass is 10.1. The number of para-hydroxylation sites is 1. The first kappa shape index (κ1) is 19.0. The Bertz CT molecular complexity index is 893. The van der Waals surface area contributed by atoms with Gasteiger partial charge in [0.1, 0.15) is 0 Å². The number of hydrogen-bond donors (Lipinski definition) is 0. The second-order valence-corrected chi connectivity index (χ2v) is 7.14. The number of nitrogens with zero attached hydrogens (tertiary/aromatic N) is 4. The van der Waals surface area contributed by atoms with Crippen LogP contribution in [0.1, 0.15) is 12.5 Å². The highest BCUT2D eigenvalue weighted by molar-refractivity contribution is 5.92. The molecule has 29 heavy (non-hydrogen) atoms. The van der Waals surface area contributed by atoms with Gasteiger partial charge in [-0.05, 0) is 17.7 Å². The van der Waals surface area contributed by atoms with Gasteiger partial charge >= 0.3 is 0 Å². The molecule has 2 aromatic carbocycles. The number of carbonyl (C=O) groups excluding carboxylic acids is 2. The number of carbonyl (C=O) groups is 2. The average Bonchev–Trinajstić information content (AvgIpc) is 3.19. The molecule has 1 fully saturated rings. The predicted octanol–water partition coefficient (Wildman–Crippen LogP) is 2.10. The van der Waals surface area contributed by atoms with Gasteiger partial charge in [0.05, 0.1) is 6.42 Å². The van der Waals surface area contributed by atoms with Crippen LogP contribution in [0.4, 0.5) is 5.69 Å². The quantitative estimate of drug-likeness (QED) is 0.799. The third-order valence-electron chi connectivity index (χ3n) is 5.13. The molecule has 1 saturated heterocycles. The monoisotopic (exact) mass is 392 g/mol. The third-order valence-corrected chi connectivity index (χ3v) is 5.13. The standard InChI is InChI=1S/C22H24N4O3/c1-17(27)26-22(29-20(23-26)16-18-8-4-2-5-9-18)21(28)25-14-12-24(13-15-25)19-10-6-3-7-11-19/h2-11,22H,12-16H2,1H3. The lowest BCUT2D eigenvalue weighted by Gasteiger charge is -2.37. The van der Waals surface area contributed by atoms with Crippen molar-refractivity contribution < 1.29 is 14.3 Å². The molecular formula is C22H24N4O3. The van der Waals surface area contributed by atoms with Crippen molar-refractivity contribution in [2.24, 2.45) is 5.10 Å². The minimum absolute atomic E-state index is 0.222. The molecule has 7 nitrogen and oxygen atoms in total. The van der Waals surface area contributed by atoms with Crippen molar-refractivity contribution in [1.82, 2.24) is 9.91 Å². The van der Waals surface area contributed by atoms with Gasteiger partial charge in [-0.1, -0.05) is 48.5 Å². The molecule has 0 aromatic heterocycles. The molecule has 2 aliphatic rings. The molecule has 0 aliphatic carbocycles. The van der Waals surface area contributed by atoms with E-state index in [-0.39, 0.29) is 11.8 Å². The summed E-state index contributed by atoms with van der Waals surface area (Å²) in [4.78, 5) is 29.1. The number of hydrazone groups is 1. The number of ether oxygens (including phenoxy) is 1. The van der Waals surface area contributed by atoms with Crippen LogP contribution < -0.4 is 4.90 Å². The van der Waals surface area contributed by atoms with Crippen LogP contribution in [0.2, 0.25) is 0 Å². The molecule has 1 unspecified atom stereocenters. The Labute approximate surface area is 170 Å². The summed E-state index contributed by atoms with van der Waals surface area (Å²) in [6.45, 7) is 4.02. The van der Waals surface area contributed by atoms with Crippen LogP contribution in [-0.4, -0.2) is 60.0 Å². The smallest absolute Gasteiger partial charge is 0.287 e. The lowest BCUT2D eigenvalue weighted by molar-refractivity contribution is -0.154. The fraction of sp³-hybridized carbons (Fsp3) is 0.318. The van der Waals surface area contributed by atoms with Crippen molar-refractivity contribution in [1.29, 1.82) is 0 Å². The van der Waals surface area contributed by atoms with Gasteiger partial charge in [0.15, 0.2) is 0 Å². The molecule has 0 spiro atoms. The van der Waals surface area contributed by atoms with E-state index in [2.05, 4.69) is 22.1 Å². The zero-order chi connectivity index (χ0) is 20.2. The summed E-state index contributed by atoms with van der Waals surface area (Å²) in [5, 5.41) is 5.42. The Kier molecular flexibility index (Phi) is 5.46. The van der Waals surface area contributed by atoms with Crippen molar-refractivity contribution in [2.45, 2.75) is 19.6 Å². The largest absolute Gasteiger partial charge is 0.444 e. The van der Waals surface area contributed by atoms with Crippen molar-refractivity contribution in [3.05, 3.63) is 66.2 Å². The molecule has 0 radical (unpaired) electrons. The number of anilines is 1. The van der Waals surface area contributed by atoms with Crippen molar-refractivity contribution in [3.63, 3.8) is 0 Å². The van der Waals surface area contributed by atoms with Crippen LogP contribution in [0, 0.1) is 0 Å². The number of rotatable bonds is 4. The van der Waals surface area contributed by atoms with E-state index >= 15 is 0 Å². The van der Waals surface area contributed by atoms with Crippen LogP contribution in [0.25, 0.3) is 0 Å².